The highest BCUT2D eigenvalue weighted by Gasteiger charge is 2.29. The maximum atomic E-state index is 11.9. The predicted octanol–water partition coefficient (Wildman–Crippen LogP) is 2.70. The summed E-state index contributed by atoms with van der Waals surface area (Å²) in [5, 5.41) is 0.0130. The van der Waals surface area contributed by atoms with Crippen molar-refractivity contribution in [2.75, 3.05) is 6.61 Å². The molecule has 0 saturated heterocycles. The first kappa shape index (κ1) is 13.1. The molecule has 0 radical (unpaired) electrons. The zero-order valence-electron chi connectivity index (χ0n) is 8.38. The molecule has 16 heavy (non-hydrogen) atoms. The van der Waals surface area contributed by atoms with E-state index in [9.17, 15) is 13.2 Å². The summed E-state index contributed by atoms with van der Waals surface area (Å²) in [6.45, 7) is 0.292. The molecule has 0 aliphatic heterocycles. The molecule has 1 atom stereocenters. The van der Waals surface area contributed by atoms with Crippen LogP contribution in [0.25, 0.3) is 0 Å². The zero-order valence-corrected chi connectivity index (χ0v) is 9.14. The average Bonchev–Trinajstić information content (AvgIpc) is 2.14. The van der Waals surface area contributed by atoms with Crippen LogP contribution in [0.5, 0.6) is 5.88 Å². The number of hydrogen-bond donors (Lipinski definition) is 1. The van der Waals surface area contributed by atoms with Crippen LogP contribution in [0, 0.1) is 0 Å². The van der Waals surface area contributed by atoms with Crippen LogP contribution in [-0.4, -0.2) is 17.8 Å². The van der Waals surface area contributed by atoms with Gasteiger partial charge in [0.1, 0.15) is 5.02 Å². The molecule has 90 valence electrons. The number of nitrogens with two attached hydrogens (primary N) is 1. The Morgan fingerprint density at radius 3 is 2.62 bits per heavy atom. The highest BCUT2D eigenvalue weighted by Crippen LogP contribution is 2.26. The van der Waals surface area contributed by atoms with E-state index in [-0.39, 0.29) is 16.9 Å². The van der Waals surface area contributed by atoms with Gasteiger partial charge in [-0.25, -0.2) is 4.98 Å². The summed E-state index contributed by atoms with van der Waals surface area (Å²) in [5.41, 5.74) is 6.19. The molecule has 0 spiro atoms. The molecule has 0 aromatic carbocycles. The first-order valence-electron chi connectivity index (χ1n) is 4.40. The van der Waals surface area contributed by atoms with E-state index >= 15 is 0 Å². The summed E-state index contributed by atoms with van der Waals surface area (Å²) in [4.78, 5) is 3.67. The Kier molecular flexibility index (Phi) is 3.98. The lowest BCUT2D eigenvalue weighted by Gasteiger charge is -2.11. The van der Waals surface area contributed by atoms with Crippen molar-refractivity contribution in [1.29, 1.82) is 0 Å². The lowest BCUT2D eigenvalue weighted by atomic mass is 10.2. The second-order valence-electron chi connectivity index (χ2n) is 3.25. The summed E-state index contributed by atoms with van der Waals surface area (Å²) in [6.07, 6.45) is -3.08. The second-order valence-corrected chi connectivity index (χ2v) is 3.66. The Hall–Kier alpha value is -1.01. The van der Waals surface area contributed by atoms with Gasteiger partial charge < -0.3 is 10.5 Å². The van der Waals surface area contributed by atoms with E-state index in [2.05, 4.69) is 9.72 Å². The molecule has 3 nitrogen and oxygen atoms in total. The minimum absolute atomic E-state index is 0.0130. The van der Waals surface area contributed by atoms with Crippen LogP contribution in [0.15, 0.2) is 12.3 Å². The summed E-state index contributed by atoms with van der Waals surface area (Å²) in [6, 6.07) is 1.15. The third-order valence-electron chi connectivity index (χ3n) is 1.73. The van der Waals surface area contributed by atoms with Crippen molar-refractivity contribution < 1.29 is 17.9 Å². The van der Waals surface area contributed by atoms with Gasteiger partial charge in [0.15, 0.2) is 6.61 Å². The van der Waals surface area contributed by atoms with Gasteiger partial charge in [-0.2, -0.15) is 13.2 Å². The number of aromatic nitrogens is 1. The van der Waals surface area contributed by atoms with Gasteiger partial charge in [-0.15, -0.1) is 0 Å². The highest BCUT2D eigenvalue weighted by atomic mass is 35.5. The van der Waals surface area contributed by atoms with Crippen LogP contribution < -0.4 is 10.5 Å². The van der Waals surface area contributed by atoms with E-state index in [0.717, 1.165) is 0 Å². The fourth-order valence-corrected chi connectivity index (χ4v) is 1.17. The van der Waals surface area contributed by atoms with Gasteiger partial charge in [0.2, 0.25) is 5.88 Å². The number of nitrogens with zero attached hydrogens (tertiary/aromatic N) is 1. The van der Waals surface area contributed by atoms with Gasteiger partial charge in [-0.1, -0.05) is 11.6 Å². The van der Waals surface area contributed by atoms with Crippen LogP contribution in [-0.2, 0) is 0 Å². The minimum atomic E-state index is -4.41. The minimum Gasteiger partial charge on any atom is -0.467 e. The SMILES string of the molecule is C[C@H](N)c1cnc(OCC(F)(F)F)c(Cl)c1. The molecule has 1 rings (SSSR count). The number of alkyl halides is 3. The molecule has 2 N–H and O–H groups in total. The fraction of sp³-hybridized carbons (Fsp3) is 0.444. The lowest BCUT2D eigenvalue weighted by molar-refractivity contribution is -0.154. The smallest absolute Gasteiger partial charge is 0.422 e. The topological polar surface area (TPSA) is 48.1 Å². The molecule has 0 unspecified atom stereocenters. The van der Waals surface area contributed by atoms with Crippen molar-refractivity contribution >= 4 is 11.6 Å². The molecule has 0 aliphatic rings. The molecule has 1 heterocycles. The van der Waals surface area contributed by atoms with E-state index in [0.29, 0.717) is 5.56 Å². The largest absolute Gasteiger partial charge is 0.467 e. The Bertz CT molecular complexity index is 368. The van der Waals surface area contributed by atoms with Gasteiger partial charge in [0, 0.05) is 12.2 Å². The van der Waals surface area contributed by atoms with Gasteiger partial charge in [0.05, 0.1) is 0 Å². The molecule has 0 fully saturated rings. The summed E-state index contributed by atoms with van der Waals surface area (Å²) in [7, 11) is 0. The highest BCUT2D eigenvalue weighted by molar-refractivity contribution is 6.31. The van der Waals surface area contributed by atoms with E-state index in [1.807, 2.05) is 0 Å². The lowest BCUT2D eigenvalue weighted by Crippen LogP contribution is -2.20. The molecule has 0 aliphatic carbocycles. The third-order valence-corrected chi connectivity index (χ3v) is 2.00. The van der Waals surface area contributed by atoms with Crippen LogP contribution in [0.2, 0.25) is 5.02 Å². The zero-order chi connectivity index (χ0) is 12.3. The van der Waals surface area contributed by atoms with Crippen molar-refractivity contribution in [3.8, 4) is 5.88 Å². The van der Waals surface area contributed by atoms with Crippen LogP contribution in [0.4, 0.5) is 13.2 Å². The number of pyridine rings is 1. The number of rotatable bonds is 3. The molecule has 7 heteroatoms. The Morgan fingerprint density at radius 2 is 2.19 bits per heavy atom. The molecule has 0 amide bonds. The van der Waals surface area contributed by atoms with Gasteiger partial charge >= 0.3 is 6.18 Å². The number of halogens is 4. The van der Waals surface area contributed by atoms with E-state index in [1.165, 1.54) is 12.3 Å². The monoisotopic (exact) mass is 254 g/mol. The molecule has 1 aromatic rings. The first-order chi connectivity index (χ1) is 7.29. The molecular formula is C9H10ClF3N2O. The van der Waals surface area contributed by atoms with Crippen LogP contribution in [0.1, 0.15) is 18.5 Å². The molecule has 1 aromatic heterocycles. The molecule has 0 bridgehead atoms. The van der Waals surface area contributed by atoms with Gasteiger partial charge in [-0.3, -0.25) is 0 Å². The summed E-state index contributed by atoms with van der Waals surface area (Å²) >= 11 is 5.69. The summed E-state index contributed by atoms with van der Waals surface area (Å²) < 4.78 is 40.0. The standard InChI is InChI=1S/C9H10ClF3N2O/c1-5(14)6-2-7(10)8(15-3-6)16-4-9(11,12)13/h2-3,5H,4,14H2,1H3/t5-/m0/s1. The maximum absolute atomic E-state index is 11.9. The van der Waals surface area contributed by atoms with Crippen molar-refractivity contribution in [3.63, 3.8) is 0 Å². The van der Waals surface area contributed by atoms with Gasteiger partial charge in [-0.05, 0) is 18.6 Å². The summed E-state index contributed by atoms with van der Waals surface area (Å²) in [5.74, 6) is -0.247. The average molecular weight is 255 g/mol. The Labute approximate surface area is 95.4 Å². The predicted molar refractivity (Wildman–Crippen MR) is 53.4 cm³/mol. The first-order valence-corrected chi connectivity index (χ1v) is 4.78. The van der Waals surface area contributed by atoms with E-state index < -0.39 is 12.8 Å². The quantitative estimate of drug-likeness (QED) is 0.902. The van der Waals surface area contributed by atoms with Crippen molar-refractivity contribution in [2.45, 2.75) is 19.1 Å². The van der Waals surface area contributed by atoms with Gasteiger partial charge in [0.25, 0.3) is 0 Å². The fourth-order valence-electron chi connectivity index (χ4n) is 0.946. The van der Waals surface area contributed by atoms with E-state index in [4.69, 9.17) is 17.3 Å². The third kappa shape index (κ3) is 3.86. The Balaban J connectivity index is 2.76. The number of hydrogen-bond acceptors (Lipinski definition) is 3. The van der Waals surface area contributed by atoms with E-state index in [1.54, 1.807) is 6.92 Å². The van der Waals surface area contributed by atoms with Crippen molar-refractivity contribution in [1.82, 2.24) is 4.98 Å². The van der Waals surface area contributed by atoms with Crippen molar-refractivity contribution in [2.24, 2.45) is 5.73 Å². The maximum Gasteiger partial charge on any atom is 0.422 e. The van der Waals surface area contributed by atoms with Crippen molar-refractivity contribution in [3.05, 3.63) is 22.8 Å². The van der Waals surface area contributed by atoms with Crippen LogP contribution in [0.3, 0.4) is 0 Å². The normalized spacial score (nSPS) is 13.6. The second kappa shape index (κ2) is 4.88. The molecular weight excluding hydrogens is 245 g/mol. The molecule has 0 saturated carbocycles. The Morgan fingerprint density at radius 1 is 1.56 bits per heavy atom. The van der Waals surface area contributed by atoms with Crippen LogP contribution >= 0.6 is 11.6 Å². The number of ether oxygens (including phenoxy) is 1.